The molecular formula is C16H17N3O. The van der Waals surface area contributed by atoms with Crippen molar-refractivity contribution >= 4 is 17.8 Å². The molecular weight excluding hydrogens is 250 g/mol. The predicted molar refractivity (Wildman–Crippen MR) is 81.8 cm³/mol. The van der Waals surface area contributed by atoms with Crippen LogP contribution in [0.3, 0.4) is 0 Å². The fourth-order valence-electron chi connectivity index (χ4n) is 1.70. The third-order valence-corrected chi connectivity index (χ3v) is 2.79. The molecule has 0 unspecified atom stereocenters. The lowest BCUT2D eigenvalue weighted by Gasteiger charge is -2.07. The van der Waals surface area contributed by atoms with Crippen LogP contribution in [0.4, 0.5) is 5.69 Å². The normalized spacial score (nSPS) is 10.4. The van der Waals surface area contributed by atoms with E-state index in [1.165, 1.54) is 0 Å². The van der Waals surface area contributed by atoms with Gasteiger partial charge in [-0.25, -0.2) is 5.43 Å². The van der Waals surface area contributed by atoms with Crippen molar-refractivity contribution in [2.75, 3.05) is 11.9 Å². The number of para-hydroxylation sites is 1. The first-order valence-corrected chi connectivity index (χ1v) is 6.42. The molecule has 0 aliphatic rings. The first-order valence-electron chi connectivity index (χ1n) is 6.42. The molecule has 2 rings (SSSR count). The summed E-state index contributed by atoms with van der Waals surface area (Å²) in [5, 5.41) is 6.99. The first-order chi connectivity index (χ1) is 9.75. The highest BCUT2D eigenvalue weighted by atomic mass is 16.2. The van der Waals surface area contributed by atoms with Gasteiger partial charge in [0.15, 0.2) is 0 Å². The summed E-state index contributed by atoms with van der Waals surface area (Å²) in [5.41, 5.74) is 5.49. The highest BCUT2D eigenvalue weighted by Gasteiger charge is 2.00. The highest BCUT2D eigenvalue weighted by molar-refractivity contribution is 5.84. The van der Waals surface area contributed by atoms with Gasteiger partial charge in [-0.05, 0) is 24.1 Å². The first kappa shape index (κ1) is 13.8. The van der Waals surface area contributed by atoms with Crippen molar-refractivity contribution in [3.05, 3.63) is 65.7 Å². The van der Waals surface area contributed by atoms with Gasteiger partial charge in [0.25, 0.3) is 5.91 Å². The van der Waals surface area contributed by atoms with E-state index in [1.54, 1.807) is 6.21 Å². The molecule has 0 aliphatic heterocycles. The number of rotatable bonds is 5. The van der Waals surface area contributed by atoms with Crippen molar-refractivity contribution in [3.63, 3.8) is 0 Å². The van der Waals surface area contributed by atoms with Crippen LogP contribution in [0.5, 0.6) is 0 Å². The molecule has 1 amide bonds. The topological polar surface area (TPSA) is 53.5 Å². The van der Waals surface area contributed by atoms with Crippen molar-refractivity contribution in [1.29, 1.82) is 0 Å². The summed E-state index contributed by atoms with van der Waals surface area (Å²) >= 11 is 0. The zero-order valence-corrected chi connectivity index (χ0v) is 11.3. The van der Waals surface area contributed by atoms with Crippen molar-refractivity contribution in [2.45, 2.75) is 6.92 Å². The summed E-state index contributed by atoms with van der Waals surface area (Å²) in [5.74, 6) is -0.180. The number of hydrogen-bond donors (Lipinski definition) is 2. The number of carbonyl (C=O) groups excluding carboxylic acids is 1. The maximum atomic E-state index is 11.6. The van der Waals surface area contributed by atoms with Crippen molar-refractivity contribution in [1.82, 2.24) is 5.43 Å². The van der Waals surface area contributed by atoms with E-state index in [0.717, 1.165) is 16.8 Å². The van der Waals surface area contributed by atoms with Crippen molar-refractivity contribution < 1.29 is 4.79 Å². The van der Waals surface area contributed by atoms with Gasteiger partial charge < -0.3 is 5.32 Å². The Balaban J connectivity index is 1.79. The lowest BCUT2D eigenvalue weighted by molar-refractivity contribution is -0.119. The Morgan fingerprint density at radius 3 is 2.55 bits per heavy atom. The number of nitrogens with one attached hydrogen (secondary N) is 2. The van der Waals surface area contributed by atoms with Gasteiger partial charge in [0, 0.05) is 5.69 Å². The molecule has 2 N–H and O–H groups in total. The molecule has 4 heteroatoms. The molecule has 0 saturated heterocycles. The number of aryl methyl sites for hydroxylation is 1. The maximum absolute atomic E-state index is 11.6. The fraction of sp³-hybridized carbons (Fsp3) is 0.125. The van der Waals surface area contributed by atoms with Gasteiger partial charge in [-0.15, -0.1) is 0 Å². The lowest BCUT2D eigenvalue weighted by atomic mass is 10.2. The number of hydrogen-bond acceptors (Lipinski definition) is 3. The number of nitrogens with zero attached hydrogens (tertiary/aromatic N) is 1. The quantitative estimate of drug-likeness (QED) is 0.646. The summed E-state index contributed by atoms with van der Waals surface area (Å²) < 4.78 is 0. The molecule has 20 heavy (non-hydrogen) atoms. The van der Waals surface area contributed by atoms with Crippen LogP contribution in [-0.4, -0.2) is 18.7 Å². The SMILES string of the molecule is Cc1ccccc1NCC(=O)N/N=C/c1ccccc1. The third kappa shape index (κ3) is 4.24. The molecule has 0 fully saturated rings. The van der Waals surface area contributed by atoms with E-state index in [-0.39, 0.29) is 12.5 Å². The monoisotopic (exact) mass is 267 g/mol. The van der Waals surface area contributed by atoms with Gasteiger partial charge in [0.2, 0.25) is 0 Å². The van der Waals surface area contributed by atoms with Crippen LogP contribution >= 0.6 is 0 Å². The van der Waals surface area contributed by atoms with Crippen molar-refractivity contribution in [3.8, 4) is 0 Å². The van der Waals surface area contributed by atoms with Crippen LogP contribution in [-0.2, 0) is 4.79 Å². The average Bonchev–Trinajstić information content (AvgIpc) is 2.47. The van der Waals surface area contributed by atoms with E-state index < -0.39 is 0 Å². The van der Waals surface area contributed by atoms with Crippen LogP contribution in [0.2, 0.25) is 0 Å². The molecule has 0 atom stereocenters. The Bertz CT molecular complexity index is 594. The standard InChI is InChI=1S/C16H17N3O/c1-13-7-5-6-10-15(13)17-12-16(20)19-18-11-14-8-3-2-4-9-14/h2-11,17H,12H2,1H3,(H,19,20)/b18-11+. The summed E-state index contributed by atoms with van der Waals surface area (Å²) in [6.07, 6.45) is 1.62. The molecule has 0 aliphatic carbocycles. The summed E-state index contributed by atoms with van der Waals surface area (Å²) in [7, 11) is 0. The maximum Gasteiger partial charge on any atom is 0.259 e. The Hall–Kier alpha value is -2.62. The fourth-order valence-corrected chi connectivity index (χ4v) is 1.70. The van der Waals surface area contributed by atoms with Gasteiger partial charge in [-0.2, -0.15) is 5.10 Å². The molecule has 0 saturated carbocycles. The molecule has 0 spiro atoms. The second kappa shape index (κ2) is 7.09. The minimum atomic E-state index is -0.180. The molecule has 4 nitrogen and oxygen atoms in total. The van der Waals surface area contributed by atoms with E-state index in [1.807, 2.05) is 61.5 Å². The minimum Gasteiger partial charge on any atom is -0.376 e. The number of carbonyl (C=O) groups is 1. The highest BCUT2D eigenvalue weighted by Crippen LogP contribution is 2.12. The molecule has 0 bridgehead atoms. The zero-order chi connectivity index (χ0) is 14.2. The minimum absolute atomic E-state index is 0.180. The van der Waals surface area contributed by atoms with E-state index >= 15 is 0 Å². The number of anilines is 1. The van der Waals surface area contributed by atoms with E-state index in [4.69, 9.17) is 0 Å². The summed E-state index contributed by atoms with van der Waals surface area (Å²) in [6.45, 7) is 2.19. The summed E-state index contributed by atoms with van der Waals surface area (Å²) in [6, 6.07) is 17.4. The van der Waals surface area contributed by atoms with E-state index in [0.29, 0.717) is 0 Å². The molecule has 2 aromatic carbocycles. The van der Waals surface area contributed by atoms with Crippen LogP contribution in [0, 0.1) is 6.92 Å². The number of amides is 1. The Kier molecular flexibility index (Phi) is 4.89. The van der Waals surface area contributed by atoms with Crippen LogP contribution in [0.15, 0.2) is 59.7 Å². The van der Waals surface area contributed by atoms with E-state index in [9.17, 15) is 4.79 Å². The average molecular weight is 267 g/mol. The molecule has 0 heterocycles. The number of hydrazone groups is 1. The second-order valence-electron chi connectivity index (χ2n) is 4.37. The second-order valence-corrected chi connectivity index (χ2v) is 4.37. The molecule has 102 valence electrons. The van der Waals surface area contributed by atoms with Crippen molar-refractivity contribution in [2.24, 2.45) is 5.10 Å². The van der Waals surface area contributed by atoms with Gasteiger partial charge in [0.05, 0.1) is 12.8 Å². The Morgan fingerprint density at radius 2 is 1.80 bits per heavy atom. The molecule has 0 radical (unpaired) electrons. The molecule has 2 aromatic rings. The predicted octanol–water partition coefficient (Wildman–Crippen LogP) is 2.56. The van der Waals surface area contributed by atoms with E-state index in [2.05, 4.69) is 15.8 Å². The third-order valence-electron chi connectivity index (χ3n) is 2.79. The summed E-state index contributed by atoms with van der Waals surface area (Å²) in [4.78, 5) is 11.6. The van der Waals surface area contributed by atoms with Gasteiger partial charge in [0.1, 0.15) is 0 Å². The smallest absolute Gasteiger partial charge is 0.259 e. The van der Waals surface area contributed by atoms with Crippen LogP contribution < -0.4 is 10.7 Å². The largest absolute Gasteiger partial charge is 0.376 e. The van der Waals surface area contributed by atoms with Gasteiger partial charge >= 0.3 is 0 Å². The Labute approximate surface area is 118 Å². The molecule has 0 aromatic heterocycles. The number of benzene rings is 2. The van der Waals surface area contributed by atoms with Gasteiger partial charge in [-0.1, -0.05) is 48.5 Å². The van der Waals surface area contributed by atoms with Crippen LogP contribution in [0.25, 0.3) is 0 Å². The zero-order valence-electron chi connectivity index (χ0n) is 11.3. The van der Waals surface area contributed by atoms with Gasteiger partial charge in [-0.3, -0.25) is 4.79 Å². The lowest BCUT2D eigenvalue weighted by Crippen LogP contribution is -2.26. The Morgan fingerprint density at radius 1 is 1.10 bits per heavy atom. The van der Waals surface area contributed by atoms with Crippen LogP contribution in [0.1, 0.15) is 11.1 Å².